The van der Waals surface area contributed by atoms with Gasteiger partial charge in [0.25, 0.3) is 0 Å². The zero-order chi connectivity index (χ0) is 21.7. The topological polar surface area (TPSA) is 64.1 Å². The van der Waals surface area contributed by atoms with E-state index in [1.807, 2.05) is 0 Å². The van der Waals surface area contributed by atoms with Crippen molar-refractivity contribution in [3.05, 3.63) is 66.4 Å². The van der Waals surface area contributed by atoms with Crippen LogP contribution in [0.5, 0.6) is 5.75 Å². The van der Waals surface area contributed by atoms with E-state index in [4.69, 9.17) is 4.74 Å². The summed E-state index contributed by atoms with van der Waals surface area (Å²) in [5, 5.41) is 1.85. The number of amides is 1. The molecule has 0 fully saturated rings. The zero-order valence-corrected chi connectivity index (χ0v) is 16.9. The summed E-state index contributed by atoms with van der Waals surface area (Å²) in [6, 6.07) is 16.2. The summed E-state index contributed by atoms with van der Waals surface area (Å²) in [7, 11) is 1.51. The molecule has 3 rings (SSSR count). The Hall–Kier alpha value is -3.07. The quantitative estimate of drug-likeness (QED) is 0.423. The van der Waals surface area contributed by atoms with Crippen molar-refractivity contribution in [3.63, 3.8) is 0 Å². The number of nitrogens with zero attached hydrogens (tertiary/aromatic N) is 2. The first-order valence-corrected chi connectivity index (χ1v) is 9.77. The van der Waals surface area contributed by atoms with E-state index in [0.717, 1.165) is 17.8 Å². The van der Waals surface area contributed by atoms with Gasteiger partial charge in [-0.1, -0.05) is 48.2 Å². The van der Waals surface area contributed by atoms with E-state index in [9.17, 15) is 18.0 Å². The predicted octanol–water partition coefficient (Wildman–Crippen LogP) is 5.29. The molecule has 1 amide bonds. The molecule has 0 saturated carbocycles. The maximum atomic E-state index is 13.3. The minimum Gasteiger partial charge on any atom is -0.497 e. The largest absolute Gasteiger partial charge is 0.497 e. The number of alkyl halides is 3. The fraction of sp³-hybridized carbons (Fsp3) is 0.190. The minimum absolute atomic E-state index is 0.128. The molecule has 1 aromatic heterocycles. The lowest BCUT2D eigenvalue weighted by atomic mass is 10.1. The molecule has 2 aromatic carbocycles. The maximum absolute atomic E-state index is 13.3. The van der Waals surface area contributed by atoms with Crippen LogP contribution in [-0.4, -0.2) is 28.2 Å². The number of methoxy groups -OCH3 is 1. The van der Waals surface area contributed by atoms with Crippen LogP contribution in [-0.2, 0) is 11.0 Å². The number of thioether (sulfide) groups is 1. The van der Waals surface area contributed by atoms with Crippen LogP contribution >= 0.6 is 11.8 Å². The Morgan fingerprint density at radius 3 is 2.47 bits per heavy atom. The molecule has 0 spiro atoms. The normalized spacial score (nSPS) is 12.3. The van der Waals surface area contributed by atoms with E-state index in [-0.39, 0.29) is 10.9 Å². The average Bonchev–Trinajstić information content (AvgIpc) is 2.73. The lowest BCUT2D eigenvalue weighted by molar-refractivity contribution is -0.141. The number of hydrogen-bond donors (Lipinski definition) is 1. The van der Waals surface area contributed by atoms with Crippen molar-refractivity contribution in [3.8, 4) is 17.0 Å². The Bertz CT molecular complexity index is 1030. The first kappa shape index (κ1) is 21.6. The van der Waals surface area contributed by atoms with Gasteiger partial charge >= 0.3 is 6.18 Å². The van der Waals surface area contributed by atoms with E-state index in [1.54, 1.807) is 61.5 Å². The summed E-state index contributed by atoms with van der Waals surface area (Å²) < 4.78 is 45.1. The fourth-order valence-corrected chi connectivity index (χ4v) is 3.32. The number of ether oxygens (including phenoxy) is 1. The highest BCUT2D eigenvalue weighted by Crippen LogP contribution is 2.33. The highest BCUT2D eigenvalue weighted by Gasteiger charge is 2.34. The third-order valence-electron chi connectivity index (χ3n) is 4.05. The Labute approximate surface area is 175 Å². The summed E-state index contributed by atoms with van der Waals surface area (Å²) in [5.74, 6) is 0.178. The van der Waals surface area contributed by atoms with Gasteiger partial charge in [0, 0.05) is 17.3 Å². The fourth-order valence-electron chi connectivity index (χ4n) is 2.54. The second-order valence-corrected chi connectivity index (χ2v) is 7.57. The smallest absolute Gasteiger partial charge is 0.433 e. The second-order valence-electron chi connectivity index (χ2n) is 6.27. The summed E-state index contributed by atoms with van der Waals surface area (Å²) in [6.07, 6.45) is -4.63. The molecule has 9 heteroatoms. The van der Waals surface area contributed by atoms with Crippen molar-refractivity contribution >= 4 is 23.4 Å². The number of carbonyl (C=O) groups excluding carboxylic acids is 1. The van der Waals surface area contributed by atoms with E-state index in [1.165, 1.54) is 7.11 Å². The first-order chi connectivity index (χ1) is 14.3. The van der Waals surface area contributed by atoms with E-state index in [2.05, 4.69) is 15.3 Å². The highest BCUT2D eigenvalue weighted by atomic mass is 32.2. The van der Waals surface area contributed by atoms with Gasteiger partial charge in [-0.05, 0) is 25.1 Å². The number of aromatic nitrogens is 2. The molecule has 1 heterocycles. The number of nitrogens with one attached hydrogen (secondary N) is 1. The lowest BCUT2D eigenvalue weighted by Gasteiger charge is -2.14. The monoisotopic (exact) mass is 433 g/mol. The highest BCUT2D eigenvalue weighted by molar-refractivity contribution is 8.00. The van der Waals surface area contributed by atoms with Crippen molar-refractivity contribution in [2.75, 3.05) is 12.4 Å². The Morgan fingerprint density at radius 1 is 1.07 bits per heavy atom. The molecular formula is C21H18F3N3O2S. The number of hydrogen-bond acceptors (Lipinski definition) is 5. The SMILES string of the molecule is COc1cccc(NC(=O)[C@@H](C)Sc2nc(-c3ccccc3)cc(C(F)(F)F)n2)c1. The second kappa shape index (κ2) is 9.17. The Balaban J connectivity index is 1.83. The van der Waals surface area contributed by atoms with Crippen LogP contribution in [0.15, 0.2) is 65.8 Å². The zero-order valence-electron chi connectivity index (χ0n) is 16.1. The van der Waals surface area contributed by atoms with Crippen LogP contribution in [0.4, 0.5) is 18.9 Å². The number of carbonyl (C=O) groups is 1. The van der Waals surface area contributed by atoms with Crippen molar-refractivity contribution < 1.29 is 22.7 Å². The molecule has 0 aliphatic rings. The van der Waals surface area contributed by atoms with E-state index in [0.29, 0.717) is 17.0 Å². The van der Waals surface area contributed by atoms with Crippen LogP contribution in [0.3, 0.4) is 0 Å². The van der Waals surface area contributed by atoms with Crippen molar-refractivity contribution in [1.82, 2.24) is 9.97 Å². The molecule has 5 nitrogen and oxygen atoms in total. The maximum Gasteiger partial charge on any atom is 0.433 e. The molecule has 1 N–H and O–H groups in total. The number of halogens is 3. The van der Waals surface area contributed by atoms with Gasteiger partial charge in [-0.2, -0.15) is 13.2 Å². The number of anilines is 1. The van der Waals surface area contributed by atoms with Crippen LogP contribution in [0.2, 0.25) is 0 Å². The standard InChI is InChI=1S/C21H18F3N3O2S/c1-13(19(28)25-15-9-6-10-16(11-15)29-2)30-20-26-17(14-7-4-3-5-8-14)12-18(27-20)21(22,23)24/h3-13H,1-2H3,(H,25,28)/t13-/m1/s1. The molecule has 3 aromatic rings. The van der Waals surface area contributed by atoms with Crippen LogP contribution in [0.1, 0.15) is 12.6 Å². The summed E-state index contributed by atoms with van der Waals surface area (Å²) >= 11 is 0.854. The third kappa shape index (κ3) is 5.50. The van der Waals surface area contributed by atoms with E-state index >= 15 is 0 Å². The van der Waals surface area contributed by atoms with Gasteiger partial charge in [-0.25, -0.2) is 9.97 Å². The summed E-state index contributed by atoms with van der Waals surface area (Å²) in [5.41, 5.74) is 0.127. The summed E-state index contributed by atoms with van der Waals surface area (Å²) in [6.45, 7) is 1.58. The van der Waals surface area contributed by atoms with Crippen LogP contribution < -0.4 is 10.1 Å². The van der Waals surface area contributed by atoms with Crippen LogP contribution in [0.25, 0.3) is 11.3 Å². The lowest BCUT2D eigenvalue weighted by Crippen LogP contribution is -2.23. The van der Waals surface area contributed by atoms with Gasteiger partial charge < -0.3 is 10.1 Å². The Kier molecular flexibility index (Phi) is 6.61. The van der Waals surface area contributed by atoms with Crippen molar-refractivity contribution in [2.24, 2.45) is 0 Å². The minimum atomic E-state index is -4.63. The van der Waals surface area contributed by atoms with Crippen molar-refractivity contribution in [1.29, 1.82) is 0 Å². The molecule has 0 aliphatic carbocycles. The third-order valence-corrected chi connectivity index (χ3v) is 5.02. The Morgan fingerprint density at radius 2 is 1.80 bits per heavy atom. The van der Waals surface area contributed by atoms with Crippen molar-refractivity contribution in [2.45, 2.75) is 23.5 Å². The molecular weight excluding hydrogens is 415 g/mol. The molecule has 0 bridgehead atoms. The van der Waals surface area contributed by atoms with Gasteiger partial charge in [0.15, 0.2) is 5.16 Å². The molecule has 0 aliphatic heterocycles. The number of benzene rings is 2. The molecule has 0 unspecified atom stereocenters. The number of rotatable bonds is 6. The van der Waals surface area contributed by atoms with Gasteiger partial charge in [-0.3, -0.25) is 4.79 Å². The first-order valence-electron chi connectivity index (χ1n) is 8.89. The average molecular weight is 433 g/mol. The molecule has 0 saturated heterocycles. The summed E-state index contributed by atoms with van der Waals surface area (Å²) in [4.78, 5) is 20.3. The van der Waals surface area contributed by atoms with Gasteiger partial charge in [0.05, 0.1) is 18.1 Å². The van der Waals surface area contributed by atoms with Gasteiger partial charge in [-0.15, -0.1) is 0 Å². The molecule has 1 atom stereocenters. The predicted molar refractivity (Wildman–Crippen MR) is 109 cm³/mol. The molecule has 0 radical (unpaired) electrons. The van der Waals surface area contributed by atoms with Crippen LogP contribution in [0, 0.1) is 0 Å². The molecule has 156 valence electrons. The van der Waals surface area contributed by atoms with Gasteiger partial charge in [0.2, 0.25) is 5.91 Å². The van der Waals surface area contributed by atoms with E-state index < -0.39 is 23.0 Å². The molecule has 30 heavy (non-hydrogen) atoms. The van der Waals surface area contributed by atoms with Gasteiger partial charge in [0.1, 0.15) is 11.4 Å².